The Kier molecular flexibility index (Phi) is 9.16. The van der Waals surface area contributed by atoms with Crippen LogP contribution in [0.2, 0.25) is 0 Å². The zero-order chi connectivity index (χ0) is 22.8. The van der Waals surface area contributed by atoms with Gasteiger partial charge in [-0.15, -0.1) is 0 Å². The number of amides is 1. The summed E-state index contributed by atoms with van der Waals surface area (Å²) in [5, 5.41) is 6.84. The molecular weight excluding hydrogens is 402 g/mol. The molecule has 1 saturated heterocycles. The van der Waals surface area contributed by atoms with Crippen LogP contribution in [0, 0.1) is 0 Å². The Morgan fingerprint density at radius 3 is 2.41 bits per heavy atom. The predicted octanol–water partition coefficient (Wildman–Crippen LogP) is 3.65. The number of rotatable bonds is 9. The molecule has 1 amide bonds. The van der Waals surface area contributed by atoms with E-state index in [1.165, 1.54) is 19.3 Å². The maximum absolute atomic E-state index is 12.5. The lowest BCUT2D eigenvalue weighted by atomic mass is 10.1. The highest BCUT2D eigenvalue weighted by Crippen LogP contribution is 2.24. The summed E-state index contributed by atoms with van der Waals surface area (Å²) in [6.45, 7) is 8.99. The van der Waals surface area contributed by atoms with E-state index in [2.05, 4.69) is 26.6 Å². The third kappa shape index (κ3) is 6.36. The van der Waals surface area contributed by atoms with Crippen molar-refractivity contribution >= 4 is 11.9 Å². The van der Waals surface area contributed by atoms with Crippen molar-refractivity contribution in [1.29, 1.82) is 0 Å². The maximum Gasteiger partial charge on any atom is 0.253 e. The van der Waals surface area contributed by atoms with E-state index in [4.69, 9.17) is 4.42 Å². The smallest absolute Gasteiger partial charge is 0.253 e. The van der Waals surface area contributed by atoms with Crippen LogP contribution in [-0.2, 0) is 6.54 Å². The molecular formula is C25H37N5O2. The highest BCUT2D eigenvalue weighted by molar-refractivity contribution is 5.94. The molecule has 3 rings (SSSR count). The highest BCUT2D eigenvalue weighted by Gasteiger charge is 2.24. The van der Waals surface area contributed by atoms with Crippen molar-refractivity contribution < 1.29 is 9.21 Å². The van der Waals surface area contributed by atoms with Gasteiger partial charge in [0.1, 0.15) is 5.76 Å². The highest BCUT2D eigenvalue weighted by atomic mass is 16.3. The summed E-state index contributed by atoms with van der Waals surface area (Å²) in [6.07, 6.45) is 5.51. The second-order valence-corrected chi connectivity index (χ2v) is 8.11. The Morgan fingerprint density at radius 2 is 1.81 bits per heavy atom. The number of aliphatic imine (C=N–C) groups is 1. The van der Waals surface area contributed by atoms with Crippen LogP contribution in [0.4, 0.5) is 0 Å². The molecule has 0 bridgehead atoms. The lowest BCUT2D eigenvalue weighted by molar-refractivity contribution is 0.0773. The summed E-state index contributed by atoms with van der Waals surface area (Å²) in [5.41, 5.74) is 1.82. The Bertz CT molecular complexity index is 838. The minimum absolute atomic E-state index is 0.0775. The van der Waals surface area contributed by atoms with Crippen molar-refractivity contribution in [3.05, 3.63) is 59.5 Å². The fraction of sp³-hybridized carbons (Fsp3) is 0.520. The normalized spacial score (nSPS) is 15.9. The van der Waals surface area contributed by atoms with Gasteiger partial charge in [0.15, 0.2) is 5.96 Å². The van der Waals surface area contributed by atoms with Crippen molar-refractivity contribution in [1.82, 2.24) is 20.4 Å². The van der Waals surface area contributed by atoms with E-state index in [-0.39, 0.29) is 11.9 Å². The number of hydrogen-bond acceptors (Lipinski definition) is 4. The van der Waals surface area contributed by atoms with Gasteiger partial charge in [-0.2, -0.15) is 0 Å². The van der Waals surface area contributed by atoms with Crippen molar-refractivity contribution in [3.8, 4) is 0 Å². The van der Waals surface area contributed by atoms with Gasteiger partial charge in [-0.05, 0) is 69.6 Å². The molecule has 2 aromatic rings. The van der Waals surface area contributed by atoms with Gasteiger partial charge in [-0.3, -0.25) is 14.7 Å². The first-order valence-corrected chi connectivity index (χ1v) is 11.8. The van der Waals surface area contributed by atoms with Crippen molar-refractivity contribution in [3.63, 3.8) is 0 Å². The summed E-state index contributed by atoms with van der Waals surface area (Å²) in [7, 11) is 1.78. The lowest BCUT2D eigenvalue weighted by Crippen LogP contribution is -2.44. The first-order chi connectivity index (χ1) is 15.7. The zero-order valence-electron chi connectivity index (χ0n) is 19.6. The molecule has 0 spiro atoms. The molecule has 1 fully saturated rings. The zero-order valence-corrected chi connectivity index (χ0v) is 19.6. The minimum Gasteiger partial charge on any atom is -0.468 e. The summed E-state index contributed by atoms with van der Waals surface area (Å²) >= 11 is 0. The van der Waals surface area contributed by atoms with Crippen LogP contribution in [0.3, 0.4) is 0 Å². The Morgan fingerprint density at radius 1 is 1.09 bits per heavy atom. The van der Waals surface area contributed by atoms with Gasteiger partial charge < -0.3 is 20.0 Å². The van der Waals surface area contributed by atoms with Crippen LogP contribution < -0.4 is 10.6 Å². The predicted molar refractivity (Wildman–Crippen MR) is 129 cm³/mol. The first kappa shape index (κ1) is 23.9. The van der Waals surface area contributed by atoms with Gasteiger partial charge in [-0.25, -0.2) is 0 Å². The fourth-order valence-corrected chi connectivity index (χ4v) is 4.18. The molecule has 0 saturated carbocycles. The summed E-state index contributed by atoms with van der Waals surface area (Å²) in [5.74, 6) is 1.82. The molecule has 1 aromatic heterocycles. The lowest BCUT2D eigenvalue weighted by Gasteiger charge is -2.33. The van der Waals surface area contributed by atoms with Crippen molar-refractivity contribution in [2.24, 2.45) is 4.99 Å². The number of benzene rings is 1. The average Bonchev–Trinajstić information content (AvgIpc) is 3.37. The van der Waals surface area contributed by atoms with Crippen LogP contribution in [0.1, 0.15) is 60.8 Å². The van der Waals surface area contributed by atoms with Crippen LogP contribution in [0.15, 0.2) is 52.1 Å². The second-order valence-electron chi connectivity index (χ2n) is 8.11. The van der Waals surface area contributed by atoms with Gasteiger partial charge in [-0.1, -0.05) is 18.6 Å². The van der Waals surface area contributed by atoms with Gasteiger partial charge in [0.25, 0.3) is 5.91 Å². The molecule has 7 nitrogen and oxygen atoms in total. The van der Waals surface area contributed by atoms with Gasteiger partial charge >= 0.3 is 0 Å². The molecule has 1 atom stereocenters. The van der Waals surface area contributed by atoms with Gasteiger partial charge in [0, 0.05) is 38.8 Å². The molecule has 1 unspecified atom stereocenters. The van der Waals surface area contributed by atoms with Crippen molar-refractivity contribution in [2.75, 3.05) is 39.8 Å². The molecule has 1 aromatic carbocycles. The maximum atomic E-state index is 12.5. The van der Waals surface area contributed by atoms with E-state index >= 15 is 0 Å². The van der Waals surface area contributed by atoms with E-state index in [1.807, 2.05) is 49.1 Å². The number of carbonyl (C=O) groups excluding carboxylic acids is 1. The second kappa shape index (κ2) is 12.3. The molecule has 1 aliphatic rings. The standard InChI is InChI=1S/C25H37N5O2/c1-4-29(5-2)24(31)21-13-11-20(12-14-21)18-27-25(26-3)28-19-22(23-10-9-17-32-23)30-15-7-6-8-16-30/h9-14,17,22H,4-8,15-16,18-19H2,1-3H3,(H2,26,27,28). The molecule has 1 aliphatic heterocycles. The first-order valence-electron chi connectivity index (χ1n) is 11.8. The van der Waals surface area contributed by atoms with Gasteiger partial charge in [0.2, 0.25) is 0 Å². The minimum atomic E-state index is 0.0775. The SMILES string of the molecule is CCN(CC)C(=O)c1ccc(CNC(=NC)NCC(c2ccco2)N2CCCCC2)cc1. The van der Waals surface area contributed by atoms with Gasteiger partial charge in [0.05, 0.1) is 12.3 Å². The van der Waals surface area contributed by atoms with E-state index in [0.29, 0.717) is 6.54 Å². The number of guanidine groups is 1. The number of nitrogens with zero attached hydrogens (tertiary/aromatic N) is 3. The topological polar surface area (TPSA) is 73.1 Å². The molecule has 0 radical (unpaired) electrons. The number of carbonyl (C=O) groups is 1. The van der Waals surface area contributed by atoms with Crippen LogP contribution >= 0.6 is 0 Å². The molecule has 32 heavy (non-hydrogen) atoms. The molecule has 174 valence electrons. The molecule has 2 N–H and O–H groups in total. The molecule has 7 heteroatoms. The number of nitrogens with one attached hydrogen (secondary N) is 2. The number of likely N-dealkylation sites (tertiary alicyclic amines) is 1. The average molecular weight is 440 g/mol. The Labute approximate surface area is 191 Å². The van der Waals surface area contributed by atoms with E-state index in [9.17, 15) is 4.79 Å². The van der Waals surface area contributed by atoms with Crippen LogP contribution in [-0.4, -0.2) is 61.4 Å². The number of hydrogen-bond donors (Lipinski definition) is 2. The molecule has 2 heterocycles. The van der Waals surface area contributed by atoms with Crippen molar-refractivity contribution in [2.45, 2.75) is 45.7 Å². The molecule has 0 aliphatic carbocycles. The van der Waals surface area contributed by atoms with E-state index < -0.39 is 0 Å². The third-order valence-electron chi connectivity index (χ3n) is 6.10. The largest absolute Gasteiger partial charge is 0.468 e. The summed E-state index contributed by atoms with van der Waals surface area (Å²) < 4.78 is 5.73. The number of piperidine rings is 1. The summed E-state index contributed by atoms with van der Waals surface area (Å²) in [4.78, 5) is 21.2. The monoisotopic (exact) mass is 439 g/mol. The quantitative estimate of drug-likeness (QED) is 0.461. The van der Waals surface area contributed by atoms with Crippen LogP contribution in [0.5, 0.6) is 0 Å². The van der Waals surface area contributed by atoms with Crippen LogP contribution in [0.25, 0.3) is 0 Å². The Balaban J connectivity index is 1.54. The fourth-order valence-electron chi connectivity index (χ4n) is 4.18. The van der Waals surface area contributed by atoms with E-state index in [1.54, 1.807) is 13.3 Å². The Hall–Kier alpha value is -2.80. The van der Waals surface area contributed by atoms with E-state index in [0.717, 1.165) is 55.6 Å². The third-order valence-corrected chi connectivity index (χ3v) is 6.10. The number of furan rings is 1. The summed E-state index contributed by atoms with van der Waals surface area (Å²) in [6, 6.07) is 12.0.